The number of rotatable bonds is 4. The lowest BCUT2D eigenvalue weighted by Crippen LogP contribution is -2.48. The van der Waals surface area contributed by atoms with Gasteiger partial charge in [-0.05, 0) is 43.2 Å². The number of aromatic nitrogens is 4. The molecule has 3 heterocycles. The molecule has 1 atom stereocenters. The van der Waals surface area contributed by atoms with Gasteiger partial charge < -0.3 is 10.2 Å². The summed E-state index contributed by atoms with van der Waals surface area (Å²) in [4.78, 5) is 14.8. The van der Waals surface area contributed by atoms with Crippen LogP contribution in [-0.2, 0) is 0 Å². The van der Waals surface area contributed by atoms with E-state index in [0.717, 1.165) is 30.8 Å². The molecule has 156 valence electrons. The van der Waals surface area contributed by atoms with Gasteiger partial charge in [-0.25, -0.2) is 0 Å². The van der Waals surface area contributed by atoms with Crippen LogP contribution in [0.15, 0.2) is 66.7 Å². The summed E-state index contributed by atoms with van der Waals surface area (Å²) in [5.41, 5.74) is 2.23. The molecule has 8 heteroatoms. The first-order valence-electron chi connectivity index (χ1n) is 10.3. The van der Waals surface area contributed by atoms with E-state index >= 15 is 0 Å². The molecule has 2 aromatic heterocycles. The number of carbonyl (C=O) groups is 1. The third kappa shape index (κ3) is 4.09. The Hall–Kier alpha value is -3.45. The van der Waals surface area contributed by atoms with Crippen molar-refractivity contribution in [2.24, 2.45) is 0 Å². The molecule has 1 fully saturated rings. The SMILES string of the molecule is O=C(NC1CCCN(c2ccc3nnc(-c4ccccc4)n3n2)C1)c1cccc(Cl)c1. The Morgan fingerprint density at radius 3 is 2.74 bits per heavy atom. The number of nitrogens with one attached hydrogen (secondary N) is 1. The van der Waals surface area contributed by atoms with Crippen molar-refractivity contribution in [3.05, 3.63) is 77.3 Å². The maximum atomic E-state index is 12.6. The topological polar surface area (TPSA) is 75.4 Å². The van der Waals surface area contributed by atoms with Gasteiger partial charge in [0, 0.05) is 35.3 Å². The van der Waals surface area contributed by atoms with Crippen molar-refractivity contribution in [3.63, 3.8) is 0 Å². The molecule has 1 saturated heterocycles. The predicted octanol–water partition coefficient (Wildman–Crippen LogP) is 3.84. The average molecular weight is 433 g/mol. The molecular weight excluding hydrogens is 412 g/mol. The largest absolute Gasteiger partial charge is 0.353 e. The molecular formula is C23H21ClN6O. The van der Waals surface area contributed by atoms with Crippen LogP contribution in [0.25, 0.3) is 17.0 Å². The Labute approximate surface area is 184 Å². The maximum Gasteiger partial charge on any atom is 0.251 e. The average Bonchev–Trinajstić information content (AvgIpc) is 3.23. The van der Waals surface area contributed by atoms with E-state index in [9.17, 15) is 4.79 Å². The molecule has 0 spiro atoms. The van der Waals surface area contributed by atoms with Gasteiger partial charge in [0.15, 0.2) is 11.5 Å². The Morgan fingerprint density at radius 1 is 1.03 bits per heavy atom. The zero-order valence-corrected chi connectivity index (χ0v) is 17.5. The summed E-state index contributed by atoms with van der Waals surface area (Å²) >= 11 is 6.02. The molecule has 0 aliphatic carbocycles. The van der Waals surface area contributed by atoms with E-state index in [1.807, 2.05) is 42.5 Å². The highest BCUT2D eigenvalue weighted by Crippen LogP contribution is 2.22. The van der Waals surface area contributed by atoms with Gasteiger partial charge in [-0.3, -0.25) is 4.79 Å². The van der Waals surface area contributed by atoms with Crippen LogP contribution in [0.1, 0.15) is 23.2 Å². The second kappa shape index (κ2) is 8.35. The van der Waals surface area contributed by atoms with Crippen LogP contribution >= 0.6 is 11.6 Å². The monoisotopic (exact) mass is 432 g/mol. The Kier molecular flexibility index (Phi) is 5.26. The number of amides is 1. The summed E-state index contributed by atoms with van der Waals surface area (Å²) in [7, 11) is 0. The minimum Gasteiger partial charge on any atom is -0.353 e. The van der Waals surface area contributed by atoms with Crippen LogP contribution in [-0.4, -0.2) is 44.8 Å². The van der Waals surface area contributed by atoms with E-state index in [0.29, 0.717) is 28.6 Å². The number of carbonyl (C=O) groups excluding carboxylic acids is 1. The summed E-state index contributed by atoms with van der Waals surface area (Å²) in [6, 6.07) is 20.8. The smallest absolute Gasteiger partial charge is 0.251 e. The minimum atomic E-state index is -0.108. The van der Waals surface area contributed by atoms with Crippen molar-refractivity contribution in [2.45, 2.75) is 18.9 Å². The molecule has 4 aromatic rings. The predicted molar refractivity (Wildman–Crippen MR) is 120 cm³/mol. The van der Waals surface area contributed by atoms with Crippen LogP contribution in [0.2, 0.25) is 5.02 Å². The summed E-state index contributed by atoms with van der Waals surface area (Å²) in [6.45, 7) is 1.57. The van der Waals surface area contributed by atoms with E-state index in [1.54, 1.807) is 28.8 Å². The minimum absolute atomic E-state index is 0.0345. The Balaban J connectivity index is 1.36. The number of nitrogens with zero attached hydrogens (tertiary/aromatic N) is 5. The quantitative estimate of drug-likeness (QED) is 0.530. The van der Waals surface area contributed by atoms with Crippen LogP contribution in [0.5, 0.6) is 0 Å². The second-order valence-electron chi connectivity index (χ2n) is 7.62. The van der Waals surface area contributed by atoms with Gasteiger partial charge in [0.05, 0.1) is 0 Å². The molecule has 0 saturated carbocycles. The van der Waals surface area contributed by atoms with E-state index in [4.69, 9.17) is 16.7 Å². The highest BCUT2D eigenvalue weighted by Gasteiger charge is 2.23. The van der Waals surface area contributed by atoms with Crippen molar-refractivity contribution in [3.8, 4) is 11.4 Å². The van der Waals surface area contributed by atoms with E-state index in [1.165, 1.54) is 0 Å². The molecule has 31 heavy (non-hydrogen) atoms. The fraction of sp³-hybridized carbons (Fsp3) is 0.217. The number of piperidine rings is 1. The molecule has 1 unspecified atom stereocenters. The lowest BCUT2D eigenvalue weighted by molar-refractivity contribution is 0.0933. The molecule has 1 aliphatic heterocycles. The summed E-state index contributed by atoms with van der Waals surface area (Å²) < 4.78 is 1.78. The van der Waals surface area contributed by atoms with Crippen LogP contribution in [0.3, 0.4) is 0 Å². The van der Waals surface area contributed by atoms with Crippen LogP contribution in [0.4, 0.5) is 5.82 Å². The summed E-state index contributed by atoms with van der Waals surface area (Å²) in [5.74, 6) is 1.44. The van der Waals surface area contributed by atoms with E-state index in [2.05, 4.69) is 20.4 Å². The summed E-state index contributed by atoms with van der Waals surface area (Å²) in [6.07, 6.45) is 1.89. The second-order valence-corrected chi connectivity index (χ2v) is 8.06. The lowest BCUT2D eigenvalue weighted by atomic mass is 10.0. The van der Waals surface area contributed by atoms with Gasteiger partial charge in [0.2, 0.25) is 0 Å². The number of hydrogen-bond donors (Lipinski definition) is 1. The zero-order chi connectivity index (χ0) is 21.2. The van der Waals surface area contributed by atoms with Crippen molar-refractivity contribution in [1.29, 1.82) is 0 Å². The molecule has 7 nitrogen and oxygen atoms in total. The maximum absolute atomic E-state index is 12.6. The highest BCUT2D eigenvalue weighted by atomic mass is 35.5. The van der Waals surface area contributed by atoms with Gasteiger partial charge in [-0.1, -0.05) is 48.0 Å². The first-order valence-corrected chi connectivity index (χ1v) is 10.6. The number of anilines is 1. The third-order valence-corrected chi connectivity index (χ3v) is 5.68. The van der Waals surface area contributed by atoms with Gasteiger partial charge in [-0.15, -0.1) is 15.3 Å². The van der Waals surface area contributed by atoms with Crippen LogP contribution in [0, 0.1) is 0 Å². The molecule has 1 amide bonds. The standard InChI is InChI=1S/C23H21ClN6O/c24-18-9-4-8-17(14-18)23(31)25-19-10-5-13-29(15-19)21-12-11-20-26-27-22(30(20)28-21)16-6-2-1-3-7-16/h1-4,6-9,11-12,14,19H,5,10,13,15H2,(H,25,31). The molecule has 2 aromatic carbocycles. The summed E-state index contributed by atoms with van der Waals surface area (Å²) in [5, 5.41) is 17.0. The number of hydrogen-bond acceptors (Lipinski definition) is 5. The first-order chi connectivity index (χ1) is 15.2. The molecule has 0 radical (unpaired) electrons. The van der Waals surface area contributed by atoms with Crippen molar-refractivity contribution in [1.82, 2.24) is 25.1 Å². The number of halogens is 1. The van der Waals surface area contributed by atoms with E-state index in [-0.39, 0.29) is 11.9 Å². The van der Waals surface area contributed by atoms with Gasteiger partial charge in [0.1, 0.15) is 5.82 Å². The van der Waals surface area contributed by atoms with Crippen molar-refractivity contribution >= 4 is 29.0 Å². The highest BCUT2D eigenvalue weighted by molar-refractivity contribution is 6.30. The zero-order valence-electron chi connectivity index (χ0n) is 16.8. The fourth-order valence-corrected chi connectivity index (χ4v) is 4.11. The van der Waals surface area contributed by atoms with E-state index < -0.39 is 0 Å². The van der Waals surface area contributed by atoms with Crippen molar-refractivity contribution in [2.75, 3.05) is 18.0 Å². The molecule has 1 aliphatic rings. The Morgan fingerprint density at radius 2 is 1.90 bits per heavy atom. The number of fused-ring (bicyclic) bond motifs is 1. The van der Waals surface area contributed by atoms with Crippen LogP contribution < -0.4 is 10.2 Å². The van der Waals surface area contributed by atoms with Gasteiger partial charge in [-0.2, -0.15) is 4.52 Å². The van der Waals surface area contributed by atoms with Gasteiger partial charge >= 0.3 is 0 Å². The lowest BCUT2D eigenvalue weighted by Gasteiger charge is -2.33. The Bertz CT molecular complexity index is 1230. The number of benzene rings is 2. The normalized spacial score (nSPS) is 16.4. The first kappa shape index (κ1) is 19.5. The molecule has 1 N–H and O–H groups in total. The fourth-order valence-electron chi connectivity index (χ4n) is 3.92. The van der Waals surface area contributed by atoms with Gasteiger partial charge in [0.25, 0.3) is 5.91 Å². The third-order valence-electron chi connectivity index (χ3n) is 5.45. The molecule has 0 bridgehead atoms. The molecule has 5 rings (SSSR count). The van der Waals surface area contributed by atoms with Crippen molar-refractivity contribution < 1.29 is 4.79 Å².